The number of esters is 3. The topological polar surface area (TPSA) is 151 Å². The zero-order valence-electron chi connectivity index (χ0n) is 21.0. The van der Waals surface area contributed by atoms with Gasteiger partial charge < -0.3 is 0 Å². The van der Waals surface area contributed by atoms with Crippen LogP contribution in [0.5, 0.6) is 23.0 Å². The Balaban J connectivity index is 1.46. The van der Waals surface area contributed by atoms with Crippen molar-refractivity contribution in [3.8, 4) is 23.0 Å². The van der Waals surface area contributed by atoms with Gasteiger partial charge in [0, 0.05) is 6.08 Å². The Hall–Kier alpha value is -4.44. The molecule has 1 spiro atoms. The third-order valence-electron chi connectivity index (χ3n) is 6.34. The molecule has 5 rings (SSSR count). The Morgan fingerprint density at radius 2 is 1.65 bits per heavy atom. The van der Waals surface area contributed by atoms with E-state index in [0.717, 1.165) is 6.08 Å². The summed E-state index contributed by atoms with van der Waals surface area (Å²) in [5, 5.41) is 9.67. The van der Waals surface area contributed by atoms with E-state index in [1.165, 1.54) is 12.1 Å². The van der Waals surface area contributed by atoms with Crippen molar-refractivity contribution in [2.45, 2.75) is 28.7 Å². The third-order valence-corrected chi connectivity index (χ3v) is 8.62. The Labute approximate surface area is 234 Å². The minimum atomic E-state index is -1.34. The van der Waals surface area contributed by atoms with Gasteiger partial charge in [-0.2, -0.15) is 0 Å². The standard InChI is InChI=1S/C29H23NO9Se/c1-2-25(31)36-16-7-9-20-23(13-16)38-24-14-17(37-26(32)11-12-40-15-22(30)27(33)34)8-10-21(24)29(20)19-6-4-3-5-18(19)28(35)39-29/h2-10,13-14,22H,1,11-12,15,30H2,(H,33,34). The van der Waals surface area contributed by atoms with E-state index < -0.39 is 35.5 Å². The van der Waals surface area contributed by atoms with E-state index in [9.17, 15) is 19.2 Å². The molecule has 3 aromatic carbocycles. The number of carbonyl (C=O) groups is 4. The molecule has 0 aromatic heterocycles. The van der Waals surface area contributed by atoms with Crippen LogP contribution in [0.3, 0.4) is 0 Å². The molecule has 0 amide bonds. The summed E-state index contributed by atoms with van der Waals surface area (Å²) >= 11 is -0.127. The number of aliphatic carboxylic acids is 1. The van der Waals surface area contributed by atoms with E-state index in [1.54, 1.807) is 48.5 Å². The average Bonchev–Trinajstić information content (AvgIpc) is 3.23. The van der Waals surface area contributed by atoms with Crippen LogP contribution in [0.15, 0.2) is 73.3 Å². The summed E-state index contributed by atoms with van der Waals surface area (Å²) < 4.78 is 23.0. The summed E-state index contributed by atoms with van der Waals surface area (Å²) in [4.78, 5) is 48.1. The monoisotopic (exact) mass is 609 g/mol. The van der Waals surface area contributed by atoms with Gasteiger partial charge in [0.15, 0.2) is 0 Å². The van der Waals surface area contributed by atoms with Crippen LogP contribution in [0.2, 0.25) is 10.6 Å². The molecule has 11 heteroatoms. The van der Waals surface area contributed by atoms with Gasteiger partial charge in [0.25, 0.3) is 0 Å². The van der Waals surface area contributed by atoms with Crippen molar-refractivity contribution < 1.29 is 43.2 Å². The molecule has 0 radical (unpaired) electrons. The first-order chi connectivity index (χ1) is 19.2. The van der Waals surface area contributed by atoms with Crippen molar-refractivity contribution in [2.24, 2.45) is 5.73 Å². The molecule has 2 heterocycles. The zero-order chi connectivity index (χ0) is 28.4. The predicted octanol–water partition coefficient (Wildman–Crippen LogP) is 3.59. The molecule has 0 saturated heterocycles. The van der Waals surface area contributed by atoms with E-state index >= 15 is 0 Å². The van der Waals surface area contributed by atoms with Crippen LogP contribution in [0, 0.1) is 0 Å². The van der Waals surface area contributed by atoms with Crippen LogP contribution < -0.4 is 19.9 Å². The first-order valence-corrected chi connectivity index (χ1v) is 14.6. The molecule has 2 aliphatic heterocycles. The first kappa shape index (κ1) is 27.1. The molecule has 204 valence electrons. The molecule has 2 atom stereocenters. The van der Waals surface area contributed by atoms with E-state index in [1.807, 2.05) is 0 Å². The fraction of sp³-hybridized carbons (Fsp3) is 0.172. The number of fused-ring (bicyclic) bond motifs is 6. The number of nitrogens with two attached hydrogens (primary N) is 1. The van der Waals surface area contributed by atoms with Crippen LogP contribution in [0.25, 0.3) is 0 Å². The number of carboxylic acids is 1. The van der Waals surface area contributed by atoms with Gasteiger partial charge in [-0.05, 0) is 0 Å². The molecule has 10 nitrogen and oxygen atoms in total. The predicted molar refractivity (Wildman–Crippen MR) is 142 cm³/mol. The minimum absolute atomic E-state index is 0.0973. The molecule has 2 aliphatic rings. The molecule has 0 fully saturated rings. The number of rotatable bonds is 9. The van der Waals surface area contributed by atoms with Gasteiger partial charge in [-0.15, -0.1) is 0 Å². The summed E-state index contributed by atoms with van der Waals surface area (Å²) in [6.07, 6.45) is 1.13. The summed E-state index contributed by atoms with van der Waals surface area (Å²) in [7, 11) is 0. The summed E-state index contributed by atoms with van der Waals surface area (Å²) in [6, 6.07) is 15.6. The van der Waals surface area contributed by atoms with Gasteiger partial charge in [0.05, 0.1) is 0 Å². The Bertz CT molecular complexity index is 1550. The Morgan fingerprint density at radius 1 is 1.00 bits per heavy atom. The Morgan fingerprint density at radius 3 is 2.30 bits per heavy atom. The third kappa shape index (κ3) is 4.98. The molecule has 3 N–H and O–H groups in total. The summed E-state index contributed by atoms with van der Waals surface area (Å²) in [5.74, 6) is -1.73. The molecule has 0 aliphatic carbocycles. The molecule has 40 heavy (non-hydrogen) atoms. The Kier molecular flexibility index (Phi) is 7.44. The molecular weight excluding hydrogens is 585 g/mol. The van der Waals surface area contributed by atoms with Crippen LogP contribution in [-0.4, -0.2) is 50.0 Å². The van der Waals surface area contributed by atoms with Crippen molar-refractivity contribution in [2.75, 3.05) is 0 Å². The zero-order valence-corrected chi connectivity index (χ0v) is 22.7. The summed E-state index contributed by atoms with van der Waals surface area (Å²) in [5.41, 5.74) is 6.25. The van der Waals surface area contributed by atoms with Crippen LogP contribution in [0.1, 0.15) is 33.5 Å². The normalized spacial score (nSPS) is 17.0. The van der Waals surface area contributed by atoms with E-state index in [-0.39, 0.29) is 44.4 Å². The number of benzene rings is 3. The second-order valence-corrected chi connectivity index (χ2v) is 11.3. The molecular formula is C29H23NO9Se. The fourth-order valence-corrected chi connectivity index (χ4v) is 6.38. The number of hydrogen-bond donors (Lipinski definition) is 2. The van der Waals surface area contributed by atoms with Crippen molar-refractivity contribution >= 4 is 38.8 Å². The first-order valence-electron chi connectivity index (χ1n) is 12.1. The maximum atomic E-state index is 13.0. The second-order valence-electron chi connectivity index (χ2n) is 8.90. The van der Waals surface area contributed by atoms with Gasteiger partial charge in [0.1, 0.15) is 0 Å². The van der Waals surface area contributed by atoms with E-state index in [4.69, 9.17) is 29.8 Å². The number of ether oxygens (including phenoxy) is 4. The van der Waals surface area contributed by atoms with Crippen molar-refractivity contribution in [3.63, 3.8) is 0 Å². The fourth-order valence-electron chi connectivity index (χ4n) is 4.54. The van der Waals surface area contributed by atoms with E-state index in [2.05, 4.69) is 6.58 Å². The molecule has 3 aromatic rings. The number of hydrogen-bond acceptors (Lipinski definition) is 9. The quantitative estimate of drug-likeness (QED) is 0.121. The van der Waals surface area contributed by atoms with Crippen molar-refractivity contribution in [3.05, 3.63) is 95.6 Å². The summed E-state index contributed by atoms with van der Waals surface area (Å²) in [6.45, 7) is 3.40. The van der Waals surface area contributed by atoms with Crippen LogP contribution >= 0.6 is 0 Å². The molecule has 0 bridgehead atoms. The van der Waals surface area contributed by atoms with Gasteiger partial charge in [0.2, 0.25) is 0 Å². The second kappa shape index (κ2) is 11.0. The van der Waals surface area contributed by atoms with Crippen LogP contribution in [0.4, 0.5) is 0 Å². The average molecular weight is 608 g/mol. The molecule has 0 saturated carbocycles. The van der Waals surface area contributed by atoms with Gasteiger partial charge in [-0.1, -0.05) is 12.6 Å². The van der Waals surface area contributed by atoms with Crippen molar-refractivity contribution in [1.29, 1.82) is 0 Å². The van der Waals surface area contributed by atoms with Gasteiger partial charge in [-0.25, -0.2) is 4.79 Å². The SMILES string of the molecule is C=CC(=O)Oc1ccc2c(c1)Oc1cc(OC(=O)CC[Se]CC(N)C(=O)O)ccc1C21OC(=O)c2ccccc21. The van der Waals surface area contributed by atoms with Gasteiger partial charge in [-0.3, -0.25) is 0 Å². The van der Waals surface area contributed by atoms with Crippen molar-refractivity contribution in [1.82, 2.24) is 0 Å². The van der Waals surface area contributed by atoms with E-state index in [0.29, 0.717) is 32.9 Å². The van der Waals surface area contributed by atoms with Gasteiger partial charge >= 0.3 is 212 Å². The number of carboxylic acid groups (broad SMARTS) is 1. The molecule has 2 unspecified atom stereocenters. The number of carbonyl (C=O) groups excluding carboxylic acids is 3. The maximum absolute atomic E-state index is 13.0. The van der Waals surface area contributed by atoms with Crippen LogP contribution in [-0.2, 0) is 24.7 Å².